The first-order valence-electron chi connectivity index (χ1n) is 5.19. The molecule has 0 N–H and O–H groups in total. The first kappa shape index (κ1) is 12.4. The average molecular weight is 222 g/mol. The summed E-state index contributed by atoms with van der Waals surface area (Å²) in [5, 5.41) is 5.90. The number of hydrazone groups is 1. The van der Waals surface area contributed by atoms with Crippen molar-refractivity contribution >= 4 is 6.21 Å². The van der Waals surface area contributed by atoms with Gasteiger partial charge in [0.2, 0.25) is 0 Å². The fourth-order valence-corrected chi connectivity index (χ4v) is 1.22. The molecule has 0 saturated carbocycles. The summed E-state index contributed by atoms with van der Waals surface area (Å²) in [5.74, 6) is 1.48. The van der Waals surface area contributed by atoms with E-state index in [4.69, 9.17) is 9.47 Å². The van der Waals surface area contributed by atoms with E-state index in [1.165, 1.54) is 0 Å². The Bertz CT molecular complexity index is 362. The third-order valence-corrected chi connectivity index (χ3v) is 1.93. The molecule has 0 unspecified atom stereocenters. The van der Waals surface area contributed by atoms with Crippen molar-refractivity contribution in [1.82, 2.24) is 5.01 Å². The number of ether oxygens (including phenoxy) is 2. The van der Waals surface area contributed by atoms with Crippen molar-refractivity contribution in [2.45, 2.75) is 6.92 Å². The summed E-state index contributed by atoms with van der Waals surface area (Å²) in [5.41, 5.74) is 0.981. The summed E-state index contributed by atoms with van der Waals surface area (Å²) >= 11 is 0. The average Bonchev–Trinajstić information content (AvgIpc) is 2.28. The maximum absolute atomic E-state index is 5.43. The third-order valence-electron chi connectivity index (χ3n) is 1.93. The molecule has 4 nitrogen and oxygen atoms in total. The summed E-state index contributed by atoms with van der Waals surface area (Å²) < 4.78 is 10.7. The van der Waals surface area contributed by atoms with E-state index < -0.39 is 0 Å². The van der Waals surface area contributed by atoms with Gasteiger partial charge >= 0.3 is 0 Å². The fraction of sp³-hybridized carbons (Fsp3) is 0.417. The summed E-state index contributed by atoms with van der Waals surface area (Å²) in [4.78, 5) is 0. The monoisotopic (exact) mass is 222 g/mol. The van der Waals surface area contributed by atoms with E-state index in [1.54, 1.807) is 18.3 Å². The van der Waals surface area contributed by atoms with Crippen LogP contribution in [0.1, 0.15) is 12.5 Å². The summed E-state index contributed by atoms with van der Waals surface area (Å²) in [7, 11) is 5.38. The van der Waals surface area contributed by atoms with E-state index in [9.17, 15) is 0 Å². The van der Waals surface area contributed by atoms with Gasteiger partial charge in [0.25, 0.3) is 0 Å². The molecule has 0 aromatic heterocycles. The van der Waals surface area contributed by atoms with Gasteiger partial charge in [-0.2, -0.15) is 5.10 Å². The molecule has 0 atom stereocenters. The molecule has 0 amide bonds. The van der Waals surface area contributed by atoms with Crippen molar-refractivity contribution < 1.29 is 9.47 Å². The van der Waals surface area contributed by atoms with Crippen molar-refractivity contribution in [2.75, 3.05) is 27.8 Å². The molecule has 88 valence electrons. The summed E-state index contributed by atoms with van der Waals surface area (Å²) in [6, 6.07) is 5.73. The Labute approximate surface area is 96.5 Å². The summed E-state index contributed by atoms with van der Waals surface area (Å²) in [6.07, 6.45) is 1.78. The van der Waals surface area contributed by atoms with Crippen molar-refractivity contribution in [3.63, 3.8) is 0 Å². The van der Waals surface area contributed by atoms with E-state index in [0.29, 0.717) is 6.61 Å². The molecule has 0 aliphatic rings. The highest BCUT2D eigenvalue weighted by molar-refractivity contribution is 5.80. The zero-order chi connectivity index (χ0) is 12.0. The second-order valence-corrected chi connectivity index (χ2v) is 3.44. The molecule has 0 aliphatic carbocycles. The predicted octanol–water partition coefficient (Wildman–Crippen LogP) is 1.99. The first-order valence-corrected chi connectivity index (χ1v) is 5.19. The van der Waals surface area contributed by atoms with Crippen molar-refractivity contribution in [2.24, 2.45) is 5.10 Å². The van der Waals surface area contributed by atoms with Gasteiger partial charge in [-0.05, 0) is 30.7 Å². The van der Waals surface area contributed by atoms with Crippen LogP contribution in [-0.4, -0.2) is 39.0 Å². The van der Waals surface area contributed by atoms with Crippen LogP contribution >= 0.6 is 0 Å². The molecule has 0 heterocycles. The Balaban J connectivity index is 2.90. The predicted molar refractivity (Wildman–Crippen MR) is 65.4 cm³/mol. The molecule has 16 heavy (non-hydrogen) atoms. The molecular formula is C12H18N2O2. The smallest absolute Gasteiger partial charge is 0.161 e. The molecule has 1 aromatic rings. The Hall–Kier alpha value is -1.71. The van der Waals surface area contributed by atoms with Gasteiger partial charge in [0.15, 0.2) is 11.5 Å². The highest BCUT2D eigenvalue weighted by atomic mass is 16.5. The van der Waals surface area contributed by atoms with Gasteiger partial charge in [-0.3, -0.25) is 0 Å². The lowest BCUT2D eigenvalue weighted by Crippen LogP contribution is -2.02. The molecule has 0 spiro atoms. The number of hydrogen-bond acceptors (Lipinski definition) is 4. The van der Waals surface area contributed by atoms with Crippen molar-refractivity contribution in [1.29, 1.82) is 0 Å². The molecule has 0 fully saturated rings. The van der Waals surface area contributed by atoms with Gasteiger partial charge in [0.05, 0.1) is 19.9 Å². The van der Waals surface area contributed by atoms with Gasteiger partial charge in [-0.25, -0.2) is 0 Å². The third kappa shape index (κ3) is 3.46. The minimum absolute atomic E-state index is 0.626. The van der Waals surface area contributed by atoms with Crippen LogP contribution in [0.15, 0.2) is 23.3 Å². The molecule has 0 aliphatic heterocycles. The Morgan fingerprint density at radius 3 is 2.62 bits per heavy atom. The molecule has 1 aromatic carbocycles. The SMILES string of the molecule is CCOc1ccc(/C=N/N(C)C)cc1OC. The zero-order valence-corrected chi connectivity index (χ0v) is 10.2. The van der Waals surface area contributed by atoms with E-state index >= 15 is 0 Å². The number of nitrogens with zero attached hydrogens (tertiary/aromatic N) is 2. The Morgan fingerprint density at radius 1 is 1.31 bits per heavy atom. The van der Waals surface area contributed by atoms with E-state index in [2.05, 4.69) is 5.10 Å². The lowest BCUT2D eigenvalue weighted by atomic mass is 10.2. The molecule has 0 bridgehead atoms. The standard InChI is InChI=1S/C12H18N2O2/c1-5-16-11-7-6-10(8-12(11)15-4)9-13-14(2)3/h6-9H,5H2,1-4H3/b13-9+. The minimum Gasteiger partial charge on any atom is -0.493 e. The van der Waals surface area contributed by atoms with Gasteiger partial charge in [0.1, 0.15) is 0 Å². The first-order chi connectivity index (χ1) is 7.67. The normalized spacial score (nSPS) is 10.5. The highest BCUT2D eigenvalue weighted by Crippen LogP contribution is 2.27. The minimum atomic E-state index is 0.626. The Kier molecular flexibility index (Phi) is 4.64. The second kappa shape index (κ2) is 6.00. The van der Waals surface area contributed by atoms with Crippen LogP contribution in [0.4, 0.5) is 0 Å². The Morgan fingerprint density at radius 2 is 2.06 bits per heavy atom. The van der Waals surface area contributed by atoms with Crippen LogP contribution in [-0.2, 0) is 0 Å². The van der Waals surface area contributed by atoms with Crippen LogP contribution in [0.2, 0.25) is 0 Å². The van der Waals surface area contributed by atoms with Crippen molar-refractivity contribution in [3.8, 4) is 11.5 Å². The van der Waals surface area contributed by atoms with Crippen LogP contribution in [0.3, 0.4) is 0 Å². The largest absolute Gasteiger partial charge is 0.493 e. The molecule has 0 saturated heterocycles. The lowest BCUT2D eigenvalue weighted by Gasteiger charge is -2.09. The van der Waals surface area contributed by atoms with Crippen LogP contribution in [0.25, 0.3) is 0 Å². The van der Waals surface area contributed by atoms with Gasteiger partial charge < -0.3 is 14.5 Å². The molecule has 0 radical (unpaired) electrons. The fourth-order valence-electron chi connectivity index (χ4n) is 1.22. The maximum atomic E-state index is 5.43. The van der Waals surface area contributed by atoms with Crippen LogP contribution in [0, 0.1) is 0 Å². The van der Waals surface area contributed by atoms with E-state index in [-0.39, 0.29) is 0 Å². The van der Waals surface area contributed by atoms with Gasteiger partial charge in [0, 0.05) is 14.1 Å². The number of hydrogen-bond donors (Lipinski definition) is 0. The van der Waals surface area contributed by atoms with E-state index in [0.717, 1.165) is 17.1 Å². The van der Waals surface area contributed by atoms with Crippen molar-refractivity contribution in [3.05, 3.63) is 23.8 Å². The summed E-state index contributed by atoms with van der Waals surface area (Å²) in [6.45, 7) is 2.57. The number of benzene rings is 1. The van der Waals surface area contributed by atoms with Gasteiger partial charge in [-0.15, -0.1) is 0 Å². The molecule has 1 rings (SSSR count). The lowest BCUT2D eigenvalue weighted by molar-refractivity contribution is 0.311. The highest BCUT2D eigenvalue weighted by Gasteiger charge is 2.03. The van der Waals surface area contributed by atoms with Crippen LogP contribution < -0.4 is 9.47 Å². The zero-order valence-electron chi connectivity index (χ0n) is 10.2. The number of rotatable bonds is 5. The topological polar surface area (TPSA) is 34.1 Å². The molecule has 4 heteroatoms. The van der Waals surface area contributed by atoms with E-state index in [1.807, 2.05) is 39.2 Å². The van der Waals surface area contributed by atoms with Gasteiger partial charge in [-0.1, -0.05) is 0 Å². The molecular weight excluding hydrogens is 204 g/mol. The second-order valence-electron chi connectivity index (χ2n) is 3.44. The van der Waals surface area contributed by atoms with Crippen LogP contribution in [0.5, 0.6) is 11.5 Å². The maximum Gasteiger partial charge on any atom is 0.161 e. The quantitative estimate of drug-likeness (QED) is 0.564. The number of methoxy groups -OCH3 is 1.